The van der Waals surface area contributed by atoms with E-state index in [1.807, 2.05) is 18.2 Å². The Bertz CT molecular complexity index is 557. The molecule has 2 aliphatic rings. The van der Waals surface area contributed by atoms with Crippen LogP contribution in [0.15, 0.2) is 30.3 Å². The van der Waals surface area contributed by atoms with Crippen molar-refractivity contribution in [1.82, 2.24) is 4.90 Å². The third-order valence-electron chi connectivity index (χ3n) is 4.84. The van der Waals surface area contributed by atoms with Gasteiger partial charge in [-0.3, -0.25) is 9.69 Å². The van der Waals surface area contributed by atoms with Gasteiger partial charge < -0.3 is 9.84 Å². The lowest BCUT2D eigenvalue weighted by Crippen LogP contribution is -2.56. The first-order valence-electron chi connectivity index (χ1n) is 7.73. The van der Waals surface area contributed by atoms with Crippen molar-refractivity contribution in [2.24, 2.45) is 0 Å². The molecule has 0 saturated carbocycles. The van der Waals surface area contributed by atoms with Crippen molar-refractivity contribution in [2.45, 2.75) is 56.8 Å². The van der Waals surface area contributed by atoms with E-state index in [-0.39, 0.29) is 12.1 Å². The quantitative estimate of drug-likeness (QED) is 0.864. The van der Waals surface area contributed by atoms with E-state index in [2.05, 4.69) is 17.0 Å². The van der Waals surface area contributed by atoms with Gasteiger partial charge in [0.25, 0.3) is 0 Å². The molecule has 5 heteroatoms. The highest BCUT2D eigenvalue weighted by molar-refractivity contribution is 5.81. The van der Waals surface area contributed by atoms with E-state index in [0.717, 1.165) is 19.4 Å². The van der Waals surface area contributed by atoms with Crippen molar-refractivity contribution in [1.29, 1.82) is 0 Å². The largest absolute Gasteiger partial charge is 0.478 e. The summed E-state index contributed by atoms with van der Waals surface area (Å²) >= 11 is 0. The van der Waals surface area contributed by atoms with Crippen LogP contribution in [0, 0.1) is 0 Å². The number of carbonyl (C=O) groups excluding carboxylic acids is 1. The van der Waals surface area contributed by atoms with Gasteiger partial charge in [-0.15, -0.1) is 0 Å². The number of ether oxygens (including phenoxy) is 1. The normalized spacial score (nSPS) is 31.0. The average molecular weight is 303 g/mol. The highest BCUT2D eigenvalue weighted by Crippen LogP contribution is 2.43. The molecule has 0 spiro atoms. The van der Waals surface area contributed by atoms with E-state index in [9.17, 15) is 14.7 Å². The van der Waals surface area contributed by atoms with Gasteiger partial charge in [0.15, 0.2) is 0 Å². The Labute approximate surface area is 129 Å². The molecule has 3 rings (SSSR count). The molecule has 0 amide bonds. The molecule has 118 valence electrons. The molecule has 1 aromatic rings. The molecule has 2 aliphatic heterocycles. The third kappa shape index (κ3) is 2.73. The van der Waals surface area contributed by atoms with Crippen molar-refractivity contribution in [2.75, 3.05) is 0 Å². The molecule has 2 fully saturated rings. The summed E-state index contributed by atoms with van der Waals surface area (Å²) < 4.78 is 5.25. The van der Waals surface area contributed by atoms with Crippen molar-refractivity contribution in [3.05, 3.63) is 35.9 Å². The molecule has 1 aromatic carbocycles. The third-order valence-corrected chi connectivity index (χ3v) is 4.84. The standard InChI is InChI=1S/C17H21NO4/c1-12(19)22-17(16(20)21)9-14-7-8-15(10-17)18(14)11-13-5-3-2-4-6-13/h2-6,14-15H,7-11H2,1H3,(H,20,21)/t14-,15+,17?. The van der Waals surface area contributed by atoms with Crippen molar-refractivity contribution in [3.63, 3.8) is 0 Å². The number of nitrogens with zero attached hydrogens (tertiary/aromatic N) is 1. The molecule has 0 aromatic heterocycles. The maximum Gasteiger partial charge on any atom is 0.348 e. The van der Waals surface area contributed by atoms with Crippen LogP contribution in [0.4, 0.5) is 0 Å². The minimum Gasteiger partial charge on any atom is -0.478 e. The average Bonchev–Trinajstić information content (AvgIpc) is 2.71. The van der Waals surface area contributed by atoms with E-state index in [1.54, 1.807) is 0 Å². The Morgan fingerprint density at radius 2 is 1.82 bits per heavy atom. The number of aliphatic carboxylic acids is 1. The topological polar surface area (TPSA) is 66.8 Å². The van der Waals surface area contributed by atoms with Crippen LogP contribution in [0.1, 0.15) is 38.2 Å². The van der Waals surface area contributed by atoms with E-state index in [1.165, 1.54) is 12.5 Å². The summed E-state index contributed by atoms with van der Waals surface area (Å²) in [5, 5.41) is 9.58. The summed E-state index contributed by atoms with van der Waals surface area (Å²) in [6.45, 7) is 2.11. The Balaban J connectivity index is 1.78. The van der Waals surface area contributed by atoms with Crippen molar-refractivity contribution >= 4 is 11.9 Å². The fraction of sp³-hybridized carbons (Fsp3) is 0.529. The van der Waals surface area contributed by atoms with Crippen LogP contribution in [0.5, 0.6) is 0 Å². The van der Waals surface area contributed by atoms with Crippen LogP contribution < -0.4 is 0 Å². The zero-order valence-corrected chi connectivity index (χ0v) is 12.7. The number of hydrogen-bond donors (Lipinski definition) is 1. The van der Waals surface area contributed by atoms with Crippen LogP contribution >= 0.6 is 0 Å². The van der Waals surface area contributed by atoms with Crippen molar-refractivity contribution < 1.29 is 19.4 Å². The number of carbonyl (C=O) groups is 2. The summed E-state index contributed by atoms with van der Waals surface area (Å²) in [4.78, 5) is 25.4. The molecular formula is C17H21NO4. The Morgan fingerprint density at radius 1 is 1.23 bits per heavy atom. The van der Waals surface area contributed by atoms with Gasteiger partial charge in [0.05, 0.1) is 0 Å². The smallest absolute Gasteiger partial charge is 0.348 e. The van der Waals surface area contributed by atoms with E-state index in [4.69, 9.17) is 4.74 Å². The number of fused-ring (bicyclic) bond motifs is 2. The minimum atomic E-state index is -1.34. The molecular weight excluding hydrogens is 282 g/mol. The van der Waals surface area contributed by atoms with E-state index in [0.29, 0.717) is 12.8 Å². The van der Waals surface area contributed by atoms with Gasteiger partial charge in [0, 0.05) is 38.4 Å². The first-order valence-corrected chi connectivity index (χ1v) is 7.73. The highest BCUT2D eigenvalue weighted by Gasteiger charge is 2.54. The van der Waals surface area contributed by atoms with Gasteiger partial charge in [0.1, 0.15) is 0 Å². The summed E-state index contributed by atoms with van der Waals surface area (Å²) in [6, 6.07) is 10.5. The molecule has 2 heterocycles. The molecule has 1 unspecified atom stereocenters. The van der Waals surface area contributed by atoms with Gasteiger partial charge in [-0.2, -0.15) is 0 Å². The monoisotopic (exact) mass is 303 g/mol. The number of carboxylic acids is 1. The summed E-state index contributed by atoms with van der Waals surface area (Å²) in [6.07, 6.45) is 2.69. The molecule has 2 bridgehead atoms. The predicted octanol–water partition coefficient (Wildman–Crippen LogP) is 2.20. The maximum absolute atomic E-state index is 11.7. The Kier molecular flexibility index (Phi) is 3.91. The second kappa shape index (κ2) is 5.72. The number of piperidine rings is 1. The number of rotatable bonds is 4. The number of hydrogen-bond acceptors (Lipinski definition) is 4. The van der Waals surface area contributed by atoms with Gasteiger partial charge in [-0.25, -0.2) is 4.79 Å². The van der Waals surface area contributed by atoms with Crippen LogP contribution in [-0.4, -0.2) is 39.6 Å². The first-order chi connectivity index (χ1) is 10.5. The predicted molar refractivity (Wildman–Crippen MR) is 80.2 cm³/mol. The molecule has 0 radical (unpaired) electrons. The van der Waals surface area contributed by atoms with Gasteiger partial charge in [-0.1, -0.05) is 30.3 Å². The zero-order valence-electron chi connectivity index (χ0n) is 12.7. The molecule has 22 heavy (non-hydrogen) atoms. The molecule has 1 N–H and O–H groups in total. The Hall–Kier alpha value is -1.88. The van der Waals surface area contributed by atoms with Gasteiger partial charge in [0.2, 0.25) is 5.60 Å². The van der Waals surface area contributed by atoms with Crippen LogP contribution in [-0.2, 0) is 20.9 Å². The summed E-state index contributed by atoms with van der Waals surface area (Å²) in [7, 11) is 0. The van der Waals surface area contributed by atoms with Gasteiger partial charge >= 0.3 is 11.9 Å². The SMILES string of the molecule is CC(=O)OC1(C(=O)O)C[C@H]2CC[C@@H](C1)N2Cc1ccccc1. The second-order valence-electron chi connectivity index (χ2n) is 6.34. The van der Waals surface area contributed by atoms with E-state index >= 15 is 0 Å². The fourth-order valence-electron chi connectivity index (χ4n) is 3.93. The van der Waals surface area contributed by atoms with E-state index < -0.39 is 17.5 Å². The van der Waals surface area contributed by atoms with Crippen LogP contribution in [0.25, 0.3) is 0 Å². The number of carboxylic acid groups (broad SMARTS) is 1. The maximum atomic E-state index is 11.7. The molecule has 2 saturated heterocycles. The highest BCUT2D eigenvalue weighted by atomic mass is 16.6. The molecule has 0 aliphatic carbocycles. The van der Waals surface area contributed by atoms with Crippen LogP contribution in [0.2, 0.25) is 0 Å². The first kappa shape index (κ1) is 15.0. The number of esters is 1. The fourth-order valence-corrected chi connectivity index (χ4v) is 3.93. The summed E-state index contributed by atoms with van der Waals surface area (Å²) in [5.41, 5.74) is -0.111. The number of benzene rings is 1. The van der Waals surface area contributed by atoms with Gasteiger partial charge in [-0.05, 0) is 18.4 Å². The lowest BCUT2D eigenvalue weighted by Gasteiger charge is -2.43. The lowest BCUT2D eigenvalue weighted by atomic mass is 9.85. The van der Waals surface area contributed by atoms with Crippen LogP contribution in [0.3, 0.4) is 0 Å². The molecule has 5 nitrogen and oxygen atoms in total. The minimum absolute atomic E-state index is 0.161. The Morgan fingerprint density at radius 3 is 2.32 bits per heavy atom. The lowest BCUT2D eigenvalue weighted by molar-refractivity contribution is -0.186. The van der Waals surface area contributed by atoms with Crippen molar-refractivity contribution in [3.8, 4) is 0 Å². The summed E-state index contributed by atoms with van der Waals surface area (Å²) in [5.74, 6) is -1.53. The zero-order chi connectivity index (χ0) is 15.7. The second-order valence-corrected chi connectivity index (χ2v) is 6.34. The molecule has 3 atom stereocenters.